The van der Waals surface area contributed by atoms with Gasteiger partial charge < -0.3 is 9.64 Å². The van der Waals surface area contributed by atoms with Gasteiger partial charge in [-0.3, -0.25) is 0 Å². The summed E-state index contributed by atoms with van der Waals surface area (Å²) in [5, 5.41) is 2.35. The van der Waals surface area contributed by atoms with Gasteiger partial charge in [0.2, 0.25) is 0 Å². The Morgan fingerprint density at radius 1 is 1.10 bits per heavy atom. The van der Waals surface area contributed by atoms with Crippen molar-refractivity contribution in [2.75, 3.05) is 7.05 Å². The lowest BCUT2D eigenvalue weighted by atomic mass is 10.0. The van der Waals surface area contributed by atoms with Crippen molar-refractivity contribution in [3.8, 4) is 0 Å². The van der Waals surface area contributed by atoms with E-state index in [2.05, 4.69) is 18.2 Å². The first kappa shape index (κ1) is 14.4. The Hall–Kier alpha value is -2.03. The Labute approximate surface area is 120 Å². The quantitative estimate of drug-likeness (QED) is 0.819. The summed E-state index contributed by atoms with van der Waals surface area (Å²) in [7, 11) is 1.76. The summed E-state index contributed by atoms with van der Waals surface area (Å²) in [6.45, 7) is 6.15. The average Bonchev–Trinajstić information content (AvgIpc) is 2.37. The third-order valence-electron chi connectivity index (χ3n) is 2.99. The van der Waals surface area contributed by atoms with Crippen LogP contribution in [-0.4, -0.2) is 23.6 Å². The molecule has 0 bridgehead atoms. The van der Waals surface area contributed by atoms with Crippen molar-refractivity contribution < 1.29 is 9.53 Å². The largest absolute Gasteiger partial charge is 0.444 e. The van der Waals surface area contributed by atoms with Gasteiger partial charge >= 0.3 is 6.09 Å². The van der Waals surface area contributed by atoms with E-state index in [0.29, 0.717) is 6.54 Å². The smallest absolute Gasteiger partial charge is 0.410 e. The Balaban J connectivity index is 2.18. The third kappa shape index (κ3) is 3.50. The topological polar surface area (TPSA) is 29.5 Å². The Morgan fingerprint density at radius 3 is 2.45 bits per heavy atom. The fourth-order valence-corrected chi connectivity index (χ4v) is 2.09. The van der Waals surface area contributed by atoms with E-state index in [-0.39, 0.29) is 6.09 Å². The molecule has 0 aliphatic heterocycles. The van der Waals surface area contributed by atoms with Crippen LogP contribution >= 0.6 is 0 Å². The lowest BCUT2D eigenvalue weighted by Gasteiger charge is -2.25. The van der Waals surface area contributed by atoms with Gasteiger partial charge in [-0.15, -0.1) is 0 Å². The molecule has 2 rings (SSSR count). The lowest BCUT2D eigenvalue weighted by molar-refractivity contribution is 0.0286. The number of ether oxygens (including phenoxy) is 1. The van der Waals surface area contributed by atoms with Gasteiger partial charge in [0.15, 0.2) is 0 Å². The van der Waals surface area contributed by atoms with E-state index in [4.69, 9.17) is 4.74 Å². The zero-order valence-corrected chi connectivity index (χ0v) is 12.5. The highest BCUT2D eigenvalue weighted by Crippen LogP contribution is 2.20. The number of hydrogen-bond donors (Lipinski definition) is 0. The highest BCUT2D eigenvalue weighted by atomic mass is 16.6. The van der Waals surface area contributed by atoms with Crippen LogP contribution < -0.4 is 0 Å². The number of hydrogen-bond acceptors (Lipinski definition) is 2. The van der Waals surface area contributed by atoms with Crippen molar-refractivity contribution >= 4 is 16.9 Å². The van der Waals surface area contributed by atoms with Gasteiger partial charge in [0.25, 0.3) is 0 Å². The maximum absolute atomic E-state index is 12.0. The van der Waals surface area contributed by atoms with Crippen molar-refractivity contribution in [3.63, 3.8) is 0 Å². The molecule has 0 aliphatic rings. The molecule has 0 N–H and O–H groups in total. The van der Waals surface area contributed by atoms with E-state index >= 15 is 0 Å². The number of fused-ring (bicyclic) bond motifs is 1. The molecule has 0 fully saturated rings. The second-order valence-electron chi connectivity index (χ2n) is 5.97. The molecule has 1 amide bonds. The molecule has 0 unspecified atom stereocenters. The highest BCUT2D eigenvalue weighted by Gasteiger charge is 2.19. The molecule has 20 heavy (non-hydrogen) atoms. The van der Waals surface area contributed by atoms with E-state index in [1.807, 2.05) is 45.0 Å². The van der Waals surface area contributed by atoms with Gasteiger partial charge in [-0.1, -0.05) is 42.5 Å². The van der Waals surface area contributed by atoms with Crippen LogP contribution in [0.3, 0.4) is 0 Å². The summed E-state index contributed by atoms with van der Waals surface area (Å²) in [4.78, 5) is 13.6. The molecule has 0 heterocycles. The van der Waals surface area contributed by atoms with Crippen LogP contribution in [0, 0.1) is 0 Å². The van der Waals surface area contributed by atoms with E-state index in [1.165, 1.54) is 10.8 Å². The number of rotatable bonds is 2. The molecule has 0 radical (unpaired) electrons. The van der Waals surface area contributed by atoms with Gasteiger partial charge in [-0.2, -0.15) is 0 Å². The predicted octanol–water partition coefficient (Wildman–Crippen LogP) is 4.21. The van der Waals surface area contributed by atoms with Gasteiger partial charge in [-0.25, -0.2) is 4.79 Å². The lowest BCUT2D eigenvalue weighted by Crippen LogP contribution is -2.33. The SMILES string of the molecule is CN(Cc1cccc2ccccc12)C(=O)OC(C)(C)C. The molecule has 0 aromatic heterocycles. The molecule has 0 spiro atoms. The normalized spacial score (nSPS) is 11.4. The zero-order chi connectivity index (χ0) is 14.8. The number of carbonyl (C=O) groups excluding carboxylic acids is 1. The predicted molar refractivity (Wildman–Crippen MR) is 81.6 cm³/mol. The first-order valence-corrected chi connectivity index (χ1v) is 6.77. The standard InChI is InChI=1S/C17H21NO2/c1-17(2,3)20-16(19)18(4)12-14-10-7-9-13-8-5-6-11-15(13)14/h5-11H,12H2,1-4H3. The fourth-order valence-electron chi connectivity index (χ4n) is 2.09. The minimum absolute atomic E-state index is 0.301. The second-order valence-corrected chi connectivity index (χ2v) is 5.97. The number of carbonyl (C=O) groups is 1. The molecule has 0 saturated carbocycles. The maximum atomic E-state index is 12.0. The molecule has 0 aliphatic carbocycles. The molecular weight excluding hydrogens is 250 g/mol. The summed E-state index contributed by atoms with van der Waals surface area (Å²) in [6.07, 6.45) is -0.301. The molecule has 0 saturated heterocycles. The van der Waals surface area contributed by atoms with E-state index in [1.54, 1.807) is 11.9 Å². The van der Waals surface area contributed by atoms with Gasteiger partial charge in [0.1, 0.15) is 5.60 Å². The Morgan fingerprint density at radius 2 is 1.75 bits per heavy atom. The Bertz CT molecular complexity index is 608. The van der Waals surface area contributed by atoms with Crippen LogP contribution in [0.25, 0.3) is 10.8 Å². The monoisotopic (exact) mass is 271 g/mol. The first-order chi connectivity index (χ1) is 9.37. The molecule has 3 nitrogen and oxygen atoms in total. The molecule has 2 aromatic carbocycles. The molecule has 0 atom stereocenters. The molecule has 3 heteroatoms. The summed E-state index contributed by atoms with van der Waals surface area (Å²) >= 11 is 0. The summed E-state index contributed by atoms with van der Waals surface area (Å²) in [5.41, 5.74) is 0.654. The van der Waals surface area contributed by atoms with Crippen molar-refractivity contribution in [2.24, 2.45) is 0 Å². The van der Waals surface area contributed by atoms with Crippen molar-refractivity contribution in [1.82, 2.24) is 4.90 Å². The van der Waals surface area contributed by atoms with Crippen LogP contribution in [-0.2, 0) is 11.3 Å². The van der Waals surface area contributed by atoms with Crippen LogP contribution in [0.4, 0.5) is 4.79 Å². The van der Waals surface area contributed by atoms with Crippen molar-refractivity contribution in [1.29, 1.82) is 0 Å². The highest BCUT2D eigenvalue weighted by molar-refractivity contribution is 5.85. The van der Waals surface area contributed by atoms with Gasteiger partial charge in [-0.05, 0) is 37.1 Å². The average molecular weight is 271 g/mol. The van der Waals surface area contributed by atoms with Gasteiger partial charge in [0.05, 0.1) is 0 Å². The van der Waals surface area contributed by atoms with E-state index in [0.717, 1.165) is 5.56 Å². The molecule has 106 valence electrons. The van der Waals surface area contributed by atoms with Crippen molar-refractivity contribution in [2.45, 2.75) is 32.9 Å². The fraction of sp³-hybridized carbons (Fsp3) is 0.353. The van der Waals surface area contributed by atoms with Crippen LogP contribution in [0.5, 0.6) is 0 Å². The van der Waals surface area contributed by atoms with Crippen LogP contribution in [0.15, 0.2) is 42.5 Å². The first-order valence-electron chi connectivity index (χ1n) is 6.77. The summed E-state index contributed by atoms with van der Waals surface area (Å²) in [6, 6.07) is 14.3. The van der Waals surface area contributed by atoms with Crippen molar-refractivity contribution in [3.05, 3.63) is 48.0 Å². The Kier molecular flexibility index (Phi) is 3.98. The zero-order valence-electron chi connectivity index (χ0n) is 12.5. The molecule has 2 aromatic rings. The van der Waals surface area contributed by atoms with Crippen LogP contribution in [0.2, 0.25) is 0 Å². The maximum Gasteiger partial charge on any atom is 0.410 e. The van der Waals surface area contributed by atoms with Crippen LogP contribution in [0.1, 0.15) is 26.3 Å². The number of amides is 1. The minimum Gasteiger partial charge on any atom is -0.444 e. The van der Waals surface area contributed by atoms with E-state index in [9.17, 15) is 4.79 Å². The van der Waals surface area contributed by atoms with E-state index < -0.39 is 5.60 Å². The number of nitrogens with zero attached hydrogens (tertiary/aromatic N) is 1. The van der Waals surface area contributed by atoms with Gasteiger partial charge in [0, 0.05) is 13.6 Å². The minimum atomic E-state index is -0.468. The summed E-state index contributed by atoms with van der Waals surface area (Å²) in [5.74, 6) is 0. The molecular formula is C17H21NO2. The number of benzene rings is 2. The third-order valence-corrected chi connectivity index (χ3v) is 2.99. The summed E-state index contributed by atoms with van der Waals surface area (Å²) < 4.78 is 5.37. The second kappa shape index (κ2) is 5.53.